The van der Waals surface area contributed by atoms with Crippen molar-refractivity contribution in [3.05, 3.63) is 23.4 Å². The number of hydrogen-bond donors (Lipinski definition) is 2. The highest BCUT2D eigenvalue weighted by Crippen LogP contribution is 2.29. The Morgan fingerprint density at radius 1 is 1.60 bits per heavy atom. The summed E-state index contributed by atoms with van der Waals surface area (Å²) in [6.07, 6.45) is 3.79. The highest BCUT2D eigenvalue weighted by atomic mass is 16.5. The van der Waals surface area contributed by atoms with E-state index in [1.54, 1.807) is 13.3 Å². The number of rotatable bonds is 3. The van der Waals surface area contributed by atoms with Crippen LogP contribution >= 0.6 is 0 Å². The van der Waals surface area contributed by atoms with Gasteiger partial charge in [0.2, 0.25) is 0 Å². The molecule has 0 spiro atoms. The van der Waals surface area contributed by atoms with E-state index in [2.05, 4.69) is 22.0 Å². The van der Waals surface area contributed by atoms with E-state index in [4.69, 9.17) is 15.7 Å². The number of hydrogen-bond acceptors (Lipinski definition) is 5. The van der Waals surface area contributed by atoms with Crippen LogP contribution in [0.25, 0.3) is 0 Å². The van der Waals surface area contributed by atoms with Crippen LogP contribution in [0, 0.1) is 6.92 Å². The van der Waals surface area contributed by atoms with Crippen LogP contribution in [0.5, 0.6) is 0 Å². The molecule has 6 heteroatoms. The Hall–Kier alpha value is -1.82. The predicted octanol–water partition coefficient (Wildman–Crippen LogP) is 1.49. The van der Waals surface area contributed by atoms with Gasteiger partial charge >= 0.3 is 0 Å². The number of piperidine rings is 1. The molecule has 1 aromatic heterocycles. The van der Waals surface area contributed by atoms with Gasteiger partial charge in [-0.1, -0.05) is 5.16 Å². The number of aryl methyl sites for hydroxylation is 1. The lowest BCUT2D eigenvalue weighted by molar-refractivity contribution is -0.00482. The molecule has 0 bridgehead atoms. The van der Waals surface area contributed by atoms with Crippen LogP contribution in [0.1, 0.15) is 30.9 Å². The summed E-state index contributed by atoms with van der Waals surface area (Å²) in [6, 6.07) is 1.86. The molecule has 1 saturated heterocycles. The third kappa shape index (κ3) is 2.70. The molecule has 0 saturated carbocycles. The van der Waals surface area contributed by atoms with Gasteiger partial charge in [0, 0.05) is 26.4 Å². The van der Waals surface area contributed by atoms with E-state index in [-0.39, 0.29) is 11.4 Å². The Kier molecular flexibility index (Phi) is 4.13. The van der Waals surface area contributed by atoms with Crippen molar-refractivity contribution in [1.82, 2.24) is 4.98 Å². The zero-order chi connectivity index (χ0) is 14.8. The molecule has 2 heterocycles. The third-order valence-electron chi connectivity index (χ3n) is 3.95. The summed E-state index contributed by atoms with van der Waals surface area (Å²) in [4.78, 5) is 6.58. The Morgan fingerprint density at radius 3 is 3.00 bits per heavy atom. The van der Waals surface area contributed by atoms with E-state index in [0.717, 1.165) is 37.3 Å². The first-order valence-corrected chi connectivity index (χ1v) is 6.74. The van der Waals surface area contributed by atoms with Gasteiger partial charge < -0.3 is 20.6 Å². The van der Waals surface area contributed by atoms with Crippen molar-refractivity contribution < 1.29 is 9.94 Å². The number of oxime groups is 1. The van der Waals surface area contributed by atoms with Crippen LogP contribution < -0.4 is 10.6 Å². The smallest absolute Gasteiger partial charge is 0.174 e. The molecule has 1 atom stereocenters. The summed E-state index contributed by atoms with van der Waals surface area (Å²) in [5, 5.41) is 12.1. The molecular weight excluding hydrogens is 256 g/mol. The lowest BCUT2D eigenvalue weighted by Gasteiger charge is -2.40. The van der Waals surface area contributed by atoms with Gasteiger partial charge in [-0.15, -0.1) is 0 Å². The van der Waals surface area contributed by atoms with Crippen LogP contribution in [-0.4, -0.2) is 41.8 Å². The second kappa shape index (κ2) is 5.66. The minimum absolute atomic E-state index is 0.0929. The molecule has 20 heavy (non-hydrogen) atoms. The highest BCUT2D eigenvalue weighted by Gasteiger charge is 2.32. The Morgan fingerprint density at radius 2 is 2.35 bits per heavy atom. The van der Waals surface area contributed by atoms with Crippen molar-refractivity contribution in [1.29, 1.82) is 0 Å². The van der Waals surface area contributed by atoms with E-state index in [1.807, 2.05) is 13.0 Å². The van der Waals surface area contributed by atoms with Gasteiger partial charge in [0.15, 0.2) is 5.84 Å². The highest BCUT2D eigenvalue weighted by molar-refractivity contribution is 6.02. The van der Waals surface area contributed by atoms with Crippen LogP contribution in [0.15, 0.2) is 17.4 Å². The summed E-state index contributed by atoms with van der Waals surface area (Å²) in [6.45, 7) is 5.66. The monoisotopic (exact) mass is 278 g/mol. The number of anilines is 1. The zero-order valence-corrected chi connectivity index (χ0v) is 12.3. The van der Waals surface area contributed by atoms with Crippen LogP contribution in [-0.2, 0) is 4.74 Å². The Balaban J connectivity index is 2.40. The molecule has 0 aromatic carbocycles. The number of methoxy groups -OCH3 is 1. The van der Waals surface area contributed by atoms with Crippen molar-refractivity contribution in [2.75, 3.05) is 25.1 Å². The fourth-order valence-corrected chi connectivity index (χ4v) is 2.70. The van der Waals surface area contributed by atoms with Crippen molar-refractivity contribution in [3.63, 3.8) is 0 Å². The molecule has 2 rings (SSSR count). The maximum Gasteiger partial charge on any atom is 0.174 e. The molecule has 1 aliphatic heterocycles. The van der Waals surface area contributed by atoms with Gasteiger partial charge in [-0.3, -0.25) is 0 Å². The molecule has 0 radical (unpaired) electrons. The minimum atomic E-state index is -0.188. The molecule has 1 aliphatic rings. The minimum Gasteiger partial charge on any atom is -0.409 e. The number of aromatic nitrogens is 1. The second-order valence-electron chi connectivity index (χ2n) is 5.49. The van der Waals surface area contributed by atoms with Crippen LogP contribution in [0.3, 0.4) is 0 Å². The first kappa shape index (κ1) is 14.6. The second-order valence-corrected chi connectivity index (χ2v) is 5.49. The van der Waals surface area contributed by atoms with E-state index in [9.17, 15) is 0 Å². The quantitative estimate of drug-likeness (QED) is 0.379. The molecule has 6 nitrogen and oxygen atoms in total. The number of nitrogens with two attached hydrogens (primary N) is 1. The van der Waals surface area contributed by atoms with Crippen molar-refractivity contribution in [2.24, 2.45) is 10.9 Å². The zero-order valence-electron chi connectivity index (χ0n) is 12.3. The largest absolute Gasteiger partial charge is 0.409 e. The molecule has 0 aliphatic carbocycles. The third-order valence-corrected chi connectivity index (χ3v) is 3.95. The topological polar surface area (TPSA) is 84.0 Å². The van der Waals surface area contributed by atoms with E-state index in [1.165, 1.54) is 0 Å². The molecular formula is C14H22N4O2. The average molecular weight is 278 g/mol. The lowest BCUT2D eigenvalue weighted by atomic mass is 9.94. The van der Waals surface area contributed by atoms with E-state index in [0.29, 0.717) is 5.56 Å². The van der Waals surface area contributed by atoms with Gasteiger partial charge in [-0.25, -0.2) is 4.98 Å². The van der Waals surface area contributed by atoms with Crippen molar-refractivity contribution >= 4 is 11.7 Å². The fourth-order valence-electron chi connectivity index (χ4n) is 2.70. The van der Waals surface area contributed by atoms with Gasteiger partial charge in [-0.2, -0.15) is 0 Å². The number of ether oxygens (including phenoxy) is 1. The molecule has 3 N–H and O–H groups in total. The number of amidine groups is 1. The average Bonchev–Trinajstić information content (AvgIpc) is 2.46. The normalized spacial score (nSPS) is 23.9. The van der Waals surface area contributed by atoms with Gasteiger partial charge in [0.05, 0.1) is 11.2 Å². The molecule has 110 valence electrons. The first-order chi connectivity index (χ1) is 9.50. The van der Waals surface area contributed by atoms with Gasteiger partial charge in [0.25, 0.3) is 0 Å². The first-order valence-electron chi connectivity index (χ1n) is 6.74. The SMILES string of the molecule is COC1(C)CCCN(c2nccc(C)c2/C(N)=N/O)C1. The van der Waals surface area contributed by atoms with Crippen molar-refractivity contribution in [3.8, 4) is 0 Å². The summed E-state index contributed by atoms with van der Waals surface area (Å²) in [7, 11) is 1.73. The summed E-state index contributed by atoms with van der Waals surface area (Å²) in [5.41, 5.74) is 7.25. The standard InChI is InChI=1S/C14H22N4O2/c1-10-5-7-16-13(11(10)12(15)17-19)18-8-4-6-14(2,9-18)20-3/h5,7,19H,4,6,8-9H2,1-3H3,(H2,15,17). The maximum absolute atomic E-state index is 8.98. The Bertz CT molecular complexity index is 518. The number of pyridine rings is 1. The lowest BCUT2D eigenvalue weighted by Crippen LogP contribution is -2.48. The number of nitrogens with zero attached hydrogens (tertiary/aromatic N) is 3. The summed E-state index contributed by atoms with van der Waals surface area (Å²) >= 11 is 0. The van der Waals surface area contributed by atoms with E-state index < -0.39 is 0 Å². The van der Waals surface area contributed by atoms with Crippen LogP contribution in [0.4, 0.5) is 5.82 Å². The molecule has 0 amide bonds. The van der Waals surface area contributed by atoms with Gasteiger partial charge in [0.1, 0.15) is 5.82 Å². The fraction of sp³-hybridized carbons (Fsp3) is 0.571. The van der Waals surface area contributed by atoms with Gasteiger partial charge in [-0.05, 0) is 38.3 Å². The van der Waals surface area contributed by atoms with E-state index >= 15 is 0 Å². The summed E-state index contributed by atoms with van der Waals surface area (Å²) < 4.78 is 5.61. The maximum atomic E-state index is 8.98. The van der Waals surface area contributed by atoms with Crippen molar-refractivity contribution in [2.45, 2.75) is 32.3 Å². The molecule has 1 unspecified atom stereocenters. The Labute approximate surface area is 119 Å². The summed E-state index contributed by atoms with van der Waals surface area (Å²) in [5.74, 6) is 0.846. The predicted molar refractivity (Wildman–Crippen MR) is 78.3 cm³/mol. The van der Waals surface area contributed by atoms with Crippen LogP contribution in [0.2, 0.25) is 0 Å². The molecule has 1 fully saturated rings. The molecule has 1 aromatic rings.